The Labute approximate surface area is 117 Å². The number of likely N-dealkylation sites (tertiary alicyclic amines) is 1. The fourth-order valence-electron chi connectivity index (χ4n) is 3.05. The smallest absolute Gasteiger partial charge is 0.322 e. The van der Waals surface area contributed by atoms with Crippen molar-refractivity contribution < 1.29 is 9.53 Å². The molecule has 1 N–H and O–H groups in total. The first-order valence-corrected chi connectivity index (χ1v) is 7.64. The van der Waals surface area contributed by atoms with E-state index in [1.807, 2.05) is 6.92 Å². The molecule has 1 aliphatic heterocycles. The lowest BCUT2D eigenvalue weighted by molar-refractivity contribution is -0.143. The number of nitrogens with zero attached hydrogens (tertiary/aromatic N) is 1. The molecule has 0 bridgehead atoms. The second-order valence-corrected chi connectivity index (χ2v) is 5.66. The van der Waals surface area contributed by atoms with Crippen LogP contribution >= 0.6 is 0 Å². The molecule has 1 heterocycles. The van der Waals surface area contributed by atoms with Crippen LogP contribution in [0.15, 0.2) is 0 Å². The Hall–Kier alpha value is -0.610. The fourth-order valence-corrected chi connectivity index (χ4v) is 3.05. The highest BCUT2D eigenvalue weighted by atomic mass is 16.5. The molecule has 0 amide bonds. The van der Waals surface area contributed by atoms with Gasteiger partial charge in [-0.15, -0.1) is 0 Å². The number of esters is 1. The van der Waals surface area contributed by atoms with Crippen LogP contribution in [-0.2, 0) is 9.53 Å². The monoisotopic (exact) mass is 270 g/mol. The van der Waals surface area contributed by atoms with E-state index in [1.54, 1.807) is 0 Å². The van der Waals surface area contributed by atoms with E-state index >= 15 is 0 Å². The first kappa shape index (κ1) is 16.4. The largest absolute Gasteiger partial charge is 0.468 e. The van der Waals surface area contributed by atoms with Gasteiger partial charge >= 0.3 is 5.97 Å². The Morgan fingerprint density at radius 1 is 1.37 bits per heavy atom. The second-order valence-electron chi connectivity index (χ2n) is 5.66. The Balaban J connectivity index is 2.41. The van der Waals surface area contributed by atoms with Crippen LogP contribution < -0.4 is 5.32 Å². The molecular formula is C15H30N2O2. The molecule has 1 rings (SSSR count). The van der Waals surface area contributed by atoms with Crippen molar-refractivity contribution in [2.45, 2.75) is 52.5 Å². The van der Waals surface area contributed by atoms with Gasteiger partial charge < -0.3 is 15.0 Å². The molecule has 0 aromatic rings. The SMILES string of the molecule is CCNC(CCN1CCC(CC)(CC)C1)C(=O)OC. The molecule has 0 saturated carbocycles. The standard InChI is InChI=1S/C15H30N2O2/c1-5-15(6-2)9-11-17(12-15)10-8-13(16-7-3)14(18)19-4/h13,16H,5-12H2,1-4H3. The van der Waals surface area contributed by atoms with Crippen molar-refractivity contribution in [3.63, 3.8) is 0 Å². The molecule has 0 aliphatic carbocycles. The van der Waals surface area contributed by atoms with Gasteiger partial charge in [-0.3, -0.25) is 4.79 Å². The van der Waals surface area contributed by atoms with Gasteiger partial charge in [-0.05, 0) is 44.2 Å². The summed E-state index contributed by atoms with van der Waals surface area (Å²) in [6.45, 7) is 10.7. The van der Waals surface area contributed by atoms with E-state index in [0.29, 0.717) is 5.41 Å². The number of methoxy groups -OCH3 is 1. The predicted octanol–water partition coefficient (Wildman–Crippen LogP) is 2.04. The maximum absolute atomic E-state index is 11.6. The number of carbonyl (C=O) groups is 1. The number of hydrogen-bond acceptors (Lipinski definition) is 4. The molecule has 0 radical (unpaired) electrons. The molecule has 112 valence electrons. The Bertz CT molecular complexity index is 277. The summed E-state index contributed by atoms with van der Waals surface area (Å²) in [5.74, 6) is -0.140. The van der Waals surface area contributed by atoms with E-state index < -0.39 is 0 Å². The van der Waals surface area contributed by atoms with Gasteiger partial charge in [0.15, 0.2) is 0 Å². The summed E-state index contributed by atoms with van der Waals surface area (Å²) >= 11 is 0. The number of hydrogen-bond donors (Lipinski definition) is 1. The Kier molecular flexibility index (Phi) is 6.80. The fraction of sp³-hybridized carbons (Fsp3) is 0.933. The number of ether oxygens (including phenoxy) is 1. The first-order chi connectivity index (χ1) is 9.10. The lowest BCUT2D eigenvalue weighted by Crippen LogP contribution is -2.40. The minimum absolute atomic E-state index is 0.140. The van der Waals surface area contributed by atoms with Crippen LogP contribution in [-0.4, -0.2) is 50.2 Å². The molecular weight excluding hydrogens is 240 g/mol. The lowest BCUT2D eigenvalue weighted by atomic mass is 9.82. The van der Waals surface area contributed by atoms with E-state index in [0.717, 1.165) is 19.5 Å². The summed E-state index contributed by atoms with van der Waals surface area (Å²) in [6, 6.07) is -0.159. The Morgan fingerprint density at radius 3 is 2.53 bits per heavy atom. The number of carbonyl (C=O) groups excluding carboxylic acids is 1. The van der Waals surface area contributed by atoms with Crippen LogP contribution in [0.25, 0.3) is 0 Å². The third-order valence-electron chi connectivity index (χ3n) is 4.69. The number of likely N-dealkylation sites (N-methyl/N-ethyl adjacent to an activating group) is 1. The average Bonchev–Trinajstić information content (AvgIpc) is 2.87. The van der Waals surface area contributed by atoms with E-state index in [1.165, 1.54) is 39.5 Å². The molecule has 1 unspecified atom stereocenters. The van der Waals surface area contributed by atoms with Crippen molar-refractivity contribution in [1.29, 1.82) is 0 Å². The van der Waals surface area contributed by atoms with Gasteiger partial charge in [0.2, 0.25) is 0 Å². The van der Waals surface area contributed by atoms with Crippen molar-refractivity contribution >= 4 is 5.97 Å². The van der Waals surface area contributed by atoms with Gasteiger partial charge in [0.1, 0.15) is 6.04 Å². The van der Waals surface area contributed by atoms with Crippen molar-refractivity contribution in [2.24, 2.45) is 5.41 Å². The van der Waals surface area contributed by atoms with E-state index in [2.05, 4.69) is 24.1 Å². The van der Waals surface area contributed by atoms with Gasteiger partial charge in [-0.25, -0.2) is 0 Å². The zero-order chi connectivity index (χ0) is 14.3. The highest BCUT2D eigenvalue weighted by molar-refractivity contribution is 5.75. The third kappa shape index (κ3) is 4.46. The van der Waals surface area contributed by atoms with Crippen molar-refractivity contribution in [1.82, 2.24) is 10.2 Å². The van der Waals surface area contributed by atoms with Crippen LogP contribution in [0.1, 0.15) is 46.5 Å². The van der Waals surface area contributed by atoms with Crippen LogP contribution in [0, 0.1) is 5.41 Å². The third-order valence-corrected chi connectivity index (χ3v) is 4.69. The minimum Gasteiger partial charge on any atom is -0.468 e. The van der Waals surface area contributed by atoms with E-state index in [9.17, 15) is 4.79 Å². The van der Waals surface area contributed by atoms with Crippen LogP contribution in [0.3, 0.4) is 0 Å². The molecule has 4 nitrogen and oxygen atoms in total. The molecule has 4 heteroatoms. The summed E-state index contributed by atoms with van der Waals surface area (Å²) in [6.07, 6.45) is 4.65. The van der Waals surface area contributed by atoms with Gasteiger partial charge in [0.25, 0.3) is 0 Å². The summed E-state index contributed by atoms with van der Waals surface area (Å²) in [5.41, 5.74) is 0.513. The quantitative estimate of drug-likeness (QED) is 0.685. The molecule has 1 aliphatic rings. The van der Waals surface area contributed by atoms with Gasteiger partial charge in [-0.1, -0.05) is 20.8 Å². The maximum Gasteiger partial charge on any atom is 0.322 e. The first-order valence-electron chi connectivity index (χ1n) is 7.64. The zero-order valence-electron chi connectivity index (χ0n) is 13.0. The maximum atomic E-state index is 11.6. The Morgan fingerprint density at radius 2 is 2.05 bits per heavy atom. The van der Waals surface area contributed by atoms with Crippen LogP contribution in [0.5, 0.6) is 0 Å². The second kappa shape index (κ2) is 7.85. The minimum atomic E-state index is -0.159. The lowest BCUT2D eigenvalue weighted by Gasteiger charge is -2.27. The number of nitrogens with one attached hydrogen (secondary N) is 1. The predicted molar refractivity (Wildman–Crippen MR) is 78.2 cm³/mol. The van der Waals surface area contributed by atoms with Crippen LogP contribution in [0.4, 0.5) is 0 Å². The van der Waals surface area contributed by atoms with E-state index in [-0.39, 0.29) is 12.0 Å². The van der Waals surface area contributed by atoms with Crippen LogP contribution in [0.2, 0.25) is 0 Å². The average molecular weight is 270 g/mol. The summed E-state index contributed by atoms with van der Waals surface area (Å²) in [4.78, 5) is 14.1. The summed E-state index contributed by atoms with van der Waals surface area (Å²) < 4.78 is 4.84. The molecule has 0 aromatic carbocycles. The molecule has 0 aromatic heterocycles. The molecule has 19 heavy (non-hydrogen) atoms. The molecule has 1 fully saturated rings. The highest BCUT2D eigenvalue weighted by Crippen LogP contribution is 2.36. The molecule has 0 spiro atoms. The highest BCUT2D eigenvalue weighted by Gasteiger charge is 2.34. The van der Waals surface area contributed by atoms with Gasteiger partial charge in [0, 0.05) is 13.1 Å². The van der Waals surface area contributed by atoms with Gasteiger partial charge in [0.05, 0.1) is 7.11 Å². The van der Waals surface area contributed by atoms with E-state index in [4.69, 9.17) is 4.74 Å². The molecule has 1 saturated heterocycles. The van der Waals surface area contributed by atoms with Crippen molar-refractivity contribution in [2.75, 3.05) is 33.3 Å². The summed E-state index contributed by atoms with van der Waals surface area (Å²) in [5, 5.41) is 3.20. The summed E-state index contributed by atoms with van der Waals surface area (Å²) in [7, 11) is 1.46. The topological polar surface area (TPSA) is 41.6 Å². The normalized spacial score (nSPS) is 20.4. The van der Waals surface area contributed by atoms with Crippen molar-refractivity contribution in [3.05, 3.63) is 0 Å². The number of rotatable bonds is 8. The van der Waals surface area contributed by atoms with Crippen molar-refractivity contribution in [3.8, 4) is 0 Å². The zero-order valence-corrected chi connectivity index (χ0v) is 13.0. The van der Waals surface area contributed by atoms with Gasteiger partial charge in [-0.2, -0.15) is 0 Å². The molecule has 1 atom stereocenters.